The molecule has 1 aromatic carbocycles. The summed E-state index contributed by atoms with van der Waals surface area (Å²) in [5, 5.41) is 19.8. The van der Waals surface area contributed by atoms with Crippen LogP contribution in [0.15, 0.2) is 36.4 Å². The molecule has 0 fully saturated rings. The van der Waals surface area contributed by atoms with Crippen LogP contribution in [0.4, 0.5) is 11.5 Å². The Hall–Kier alpha value is -2.96. The lowest BCUT2D eigenvalue weighted by Gasteiger charge is -2.06. The minimum absolute atomic E-state index is 0.0755. The minimum Gasteiger partial charge on any atom is -0.476 e. The first-order chi connectivity index (χ1) is 8.99. The fourth-order valence-electron chi connectivity index (χ4n) is 1.66. The molecule has 19 heavy (non-hydrogen) atoms. The van der Waals surface area contributed by atoms with Crippen molar-refractivity contribution in [2.24, 2.45) is 0 Å². The van der Waals surface area contributed by atoms with Crippen molar-refractivity contribution in [2.45, 2.75) is 0 Å². The maximum absolute atomic E-state index is 11.1. The van der Waals surface area contributed by atoms with Gasteiger partial charge in [0.1, 0.15) is 5.82 Å². The number of non-ortho nitro benzene ring substituents is 1. The van der Waals surface area contributed by atoms with Gasteiger partial charge in [-0.15, -0.1) is 0 Å². The highest BCUT2D eigenvalue weighted by Crippen LogP contribution is 2.26. The molecule has 7 heteroatoms. The highest BCUT2D eigenvalue weighted by Gasteiger charge is 2.16. The van der Waals surface area contributed by atoms with Crippen LogP contribution in [0.25, 0.3) is 11.1 Å². The number of benzene rings is 1. The Morgan fingerprint density at radius 2 is 2.05 bits per heavy atom. The molecule has 1 heterocycles. The average molecular weight is 259 g/mol. The Morgan fingerprint density at radius 3 is 2.68 bits per heavy atom. The smallest absolute Gasteiger partial charge is 0.355 e. The molecule has 0 saturated carbocycles. The fraction of sp³-hybridized carbons (Fsp3) is 0. The fourth-order valence-corrected chi connectivity index (χ4v) is 1.66. The Morgan fingerprint density at radius 1 is 1.32 bits per heavy atom. The van der Waals surface area contributed by atoms with E-state index in [1.54, 1.807) is 6.07 Å². The van der Waals surface area contributed by atoms with Gasteiger partial charge in [0.05, 0.1) is 4.92 Å². The van der Waals surface area contributed by atoms with E-state index in [0.29, 0.717) is 5.56 Å². The normalized spacial score (nSPS) is 10.1. The second-order valence-corrected chi connectivity index (χ2v) is 3.74. The SMILES string of the molecule is Nc1ccc(-c2cccc([N+](=O)[O-])c2)c(C(=O)O)n1. The first kappa shape index (κ1) is 12.5. The molecule has 3 N–H and O–H groups in total. The maximum Gasteiger partial charge on any atom is 0.355 e. The topological polar surface area (TPSA) is 119 Å². The van der Waals surface area contributed by atoms with Gasteiger partial charge in [-0.25, -0.2) is 9.78 Å². The van der Waals surface area contributed by atoms with Gasteiger partial charge >= 0.3 is 5.97 Å². The number of aromatic nitrogens is 1. The van der Waals surface area contributed by atoms with Crippen molar-refractivity contribution in [1.82, 2.24) is 4.98 Å². The summed E-state index contributed by atoms with van der Waals surface area (Å²) in [5.74, 6) is -1.17. The van der Waals surface area contributed by atoms with Crippen LogP contribution in [0.1, 0.15) is 10.5 Å². The van der Waals surface area contributed by atoms with Gasteiger partial charge in [0.2, 0.25) is 0 Å². The molecule has 0 aliphatic carbocycles. The zero-order valence-corrected chi connectivity index (χ0v) is 9.61. The second kappa shape index (κ2) is 4.73. The average Bonchev–Trinajstić information content (AvgIpc) is 2.38. The molecular weight excluding hydrogens is 250 g/mol. The summed E-state index contributed by atoms with van der Waals surface area (Å²) in [4.78, 5) is 25.0. The van der Waals surface area contributed by atoms with Crippen molar-refractivity contribution in [3.8, 4) is 11.1 Å². The number of nitrogens with zero attached hydrogens (tertiary/aromatic N) is 2. The lowest BCUT2D eigenvalue weighted by atomic mass is 10.0. The van der Waals surface area contributed by atoms with Crippen molar-refractivity contribution in [2.75, 3.05) is 5.73 Å². The van der Waals surface area contributed by atoms with Gasteiger partial charge in [-0.3, -0.25) is 10.1 Å². The largest absolute Gasteiger partial charge is 0.476 e. The van der Waals surface area contributed by atoms with E-state index in [9.17, 15) is 14.9 Å². The van der Waals surface area contributed by atoms with E-state index in [0.717, 1.165) is 0 Å². The number of aromatic carboxylic acids is 1. The van der Waals surface area contributed by atoms with Crippen LogP contribution in [0.2, 0.25) is 0 Å². The number of rotatable bonds is 3. The minimum atomic E-state index is -1.24. The van der Waals surface area contributed by atoms with Crippen LogP contribution in [0, 0.1) is 10.1 Å². The van der Waals surface area contributed by atoms with E-state index in [1.807, 2.05) is 0 Å². The quantitative estimate of drug-likeness (QED) is 0.642. The standard InChI is InChI=1S/C12H9N3O4/c13-10-5-4-9(11(14-10)12(16)17)7-2-1-3-8(6-7)15(18)19/h1-6H,(H2,13,14)(H,16,17). The van der Waals surface area contributed by atoms with E-state index >= 15 is 0 Å². The molecule has 0 unspecified atom stereocenters. The number of anilines is 1. The van der Waals surface area contributed by atoms with Gasteiger partial charge in [0.25, 0.3) is 5.69 Å². The molecule has 0 aliphatic rings. The number of nitrogen functional groups attached to an aromatic ring is 1. The van der Waals surface area contributed by atoms with Gasteiger partial charge < -0.3 is 10.8 Å². The third kappa shape index (κ3) is 2.49. The van der Waals surface area contributed by atoms with Gasteiger partial charge in [0, 0.05) is 17.7 Å². The van der Waals surface area contributed by atoms with Crippen LogP contribution < -0.4 is 5.73 Å². The Bertz CT molecular complexity index is 670. The number of carboxylic acid groups (broad SMARTS) is 1. The van der Waals surface area contributed by atoms with Crippen molar-refractivity contribution in [1.29, 1.82) is 0 Å². The van der Waals surface area contributed by atoms with Gasteiger partial charge in [-0.1, -0.05) is 12.1 Å². The van der Waals surface area contributed by atoms with Crippen LogP contribution in [0.3, 0.4) is 0 Å². The molecule has 0 spiro atoms. The molecule has 2 aromatic rings. The van der Waals surface area contributed by atoms with Gasteiger partial charge in [-0.05, 0) is 17.7 Å². The lowest BCUT2D eigenvalue weighted by Crippen LogP contribution is -2.05. The number of nitrogens with two attached hydrogens (primary N) is 1. The Balaban J connectivity index is 2.61. The summed E-state index contributed by atoms with van der Waals surface area (Å²) in [6.45, 7) is 0. The highest BCUT2D eigenvalue weighted by molar-refractivity contribution is 5.94. The van der Waals surface area contributed by atoms with Crippen LogP contribution in [0.5, 0.6) is 0 Å². The number of nitro groups is 1. The summed E-state index contributed by atoms with van der Waals surface area (Å²) in [7, 11) is 0. The summed E-state index contributed by atoms with van der Waals surface area (Å²) in [6, 6.07) is 8.60. The molecule has 0 amide bonds. The van der Waals surface area contributed by atoms with E-state index in [2.05, 4.69) is 4.98 Å². The monoisotopic (exact) mass is 259 g/mol. The third-order valence-electron chi connectivity index (χ3n) is 2.49. The predicted octanol–water partition coefficient (Wildman–Crippen LogP) is 1.94. The molecule has 0 saturated heterocycles. The molecule has 0 atom stereocenters. The summed E-state index contributed by atoms with van der Waals surface area (Å²) < 4.78 is 0. The molecule has 7 nitrogen and oxygen atoms in total. The number of carboxylic acids is 1. The van der Waals surface area contributed by atoms with Gasteiger partial charge in [0.15, 0.2) is 5.69 Å². The summed E-state index contributed by atoms with van der Waals surface area (Å²) in [5.41, 5.74) is 5.77. The van der Waals surface area contributed by atoms with Crippen molar-refractivity contribution in [3.05, 3.63) is 52.2 Å². The van der Waals surface area contributed by atoms with E-state index in [4.69, 9.17) is 10.8 Å². The maximum atomic E-state index is 11.1. The number of carbonyl (C=O) groups is 1. The van der Waals surface area contributed by atoms with Crippen LogP contribution in [-0.2, 0) is 0 Å². The number of nitro benzene ring substituents is 1. The van der Waals surface area contributed by atoms with Crippen molar-refractivity contribution >= 4 is 17.5 Å². The van der Waals surface area contributed by atoms with E-state index < -0.39 is 10.9 Å². The molecule has 96 valence electrons. The number of pyridine rings is 1. The van der Waals surface area contributed by atoms with Gasteiger partial charge in [-0.2, -0.15) is 0 Å². The summed E-state index contributed by atoms with van der Waals surface area (Å²) in [6.07, 6.45) is 0. The van der Waals surface area contributed by atoms with E-state index in [-0.39, 0.29) is 22.8 Å². The zero-order chi connectivity index (χ0) is 14.0. The molecule has 1 aromatic heterocycles. The predicted molar refractivity (Wildman–Crippen MR) is 67.7 cm³/mol. The Kier molecular flexibility index (Phi) is 3.11. The molecule has 2 rings (SSSR count). The summed E-state index contributed by atoms with van der Waals surface area (Å²) >= 11 is 0. The molecular formula is C12H9N3O4. The third-order valence-corrected chi connectivity index (χ3v) is 2.49. The second-order valence-electron chi connectivity index (χ2n) is 3.74. The lowest BCUT2D eigenvalue weighted by molar-refractivity contribution is -0.384. The first-order valence-corrected chi connectivity index (χ1v) is 5.23. The number of hydrogen-bond acceptors (Lipinski definition) is 5. The van der Waals surface area contributed by atoms with Crippen LogP contribution in [-0.4, -0.2) is 21.0 Å². The molecule has 0 radical (unpaired) electrons. The highest BCUT2D eigenvalue weighted by atomic mass is 16.6. The molecule has 0 aliphatic heterocycles. The van der Waals surface area contributed by atoms with Crippen molar-refractivity contribution in [3.63, 3.8) is 0 Å². The Labute approximate surface area is 107 Å². The van der Waals surface area contributed by atoms with Crippen LogP contribution >= 0.6 is 0 Å². The molecule has 0 bridgehead atoms. The van der Waals surface area contributed by atoms with E-state index in [1.165, 1.54) is 30.3 Å². The zero-order valence-electron chi connectivity index (χ0n) is 9.61. The number of hydrogen-bond donors (Lipinski definition) is 2. The van der Waals surface area contributed by atoms with Crippen molar-refractivity contribution < 1.29 is 14.8 Å². The first-order valence-electron chi connectivity index (χ1n) is 5.23.